The van der Waals surface area contributed by atoms with Crippen LogP contribution in [-0.2, 0) is 0 Å². The molecule has 6 heteroatoms. The van der Waals surface area contributed by atoms with Crippen LogP contribution in [0.25, 0.3) is 0 Å². The zero-order chi connectivity index (χ0) is 16.4. The summed E-state index contributed by atoms with van der Waals surface area (Å²) < 4.78 is 0. The van der Waals surface area contributed by atoms with Gasteiger partial charge >= 0.3 is 0 Å². The lowest BCUT2D eigenvalue weighted by Gasteiger charge is -2.37. The molecule has 6 nitrogen and oxygen atoms in total. The Kier molecular flexibility index (Phi) is 4.80. The van der Waals surface area contributed by atoms with Gasteiger partial charge in [-0.15, -0.1) is 0 Å². The number of hydrogen-bond donors (Lipinski definition) is 2. The Morgan fingerprint density at radius 1 is 1.26 bits per heavy atom. The molecule has 0 unspecified atom stereocenters. The number of nitrogens with zero attached hydrogens (tertiary/aromatic N) is 3. The summed E-state index contributed by atoms with van der Waals surface area (Å²) in [6.07, 6.45) is 5.83. The van der Waals surface area contributed by atoms with Gasteiger partial charge in [-0.1, -0.05) is 12.8 Å². The van der Waals surface area contributed by atoms with E-state index in [1.165, 1.54) is 0 Å². The average molecular weight is 318 g/mol. The van der Waals surface area contributed by atoms with Crippen LogP contribution in [0.15, 0.2) is 6.07 Å². The van der Waals surface area contributed by atoms with Gasteiger partial charge in [0.15, 0.2) is 0 Å². The molecule has 1 aromatic rings. The van der Waals surface area contributed by atoms with E-state index in [1.807, 2.05) is 11.8 Å². The van der Waals surface area contributed by atoms with Crippen molar-refractivity contribution in [1.29, 1.82) is 0 Å². The molecule has 0 aromatic carbocycles. The highest BCUT2D eigenvalue weighted by Gasteiger charge is 2.39. The largest absolute Gasteiger partial charge is 0.393 e. The third-order valence-electron chi connectivity index (χ3n) is 5.13. The SMILES string of the molecule is CNc1nc(C)cc(C(=O)N2CCC[C@@H]2[C@@H]2CCCC[C@H]2O)n1. The lowest BCUT2D eigenvalue weighted by Crippen LogP contribution is -2.45. The van der Waals surface area contributed by atoms with Gasteiger partial charge in [0.25, 0.3) is 5.91 Å². The van der Waals surface area contributed by atoms with Gasteiger partial charge in [0.1, 0.15) is 5.69 Å². The number of aliphatic hydroxyl groups excluding tert-OH is 1. The van der Waals surface area contributed by atoms with Crippen molar-refractivity contribution in [3.63, 3.8) is 0 Å². The number of carbonyl (C=O) groups is 1. The predicted molar refractivity (Wildman–Crippen MR) is 88.3 cm³/mol. The summed E-state index contributed by atoms with van der Waals surface area (Å²) in [5.74, 6) is 0.649. The van der Waals surface area contributed by atoms with Gasteiger partial charge in [-0.2, -0.15) is 0 Å². The standard InChI is InChI=1S/C17H26N4O2/c1-11-10-13(20-17(18-2)19-11)16(23)21-9-5-7-14(21)12-6-3-4-8-15(12)22/h10,12,14-15,22H,3-9H2,1-2H3,(H,18,19,20)/t12-,14+,15+/m0/s1. The monoisotopic (exact) mass is 318 g/mol. The molecular weight excluding hydrogens is 292 g/mol. The van der Waals surface area contributed by atoms with E-state index in [4.69, 9.17) is 0 Å². The topological polar surface area (TPSA) is 78.4 Å². The lowest BCUT2D eigenvalue weighted by molar-refractivity contribution is 0.0209. The molecule has 2 aliphatic rings. The van der Waals surface area contributed by atoms with Gasteiger partial charge < -0.3 is 15.3 Å². The fourth-order valence-electron chi connectivity index (χ4n) is 4.02. The van der Waals surface area contributed by atoms with Crippen LogP contribution in [0.3, 0.4) is 0 Å². The van der Waals surface area contributed by atoms with E-state index in [9.17, 15) is 9.90 Å². The van der Waals surface area contributed by atoms with Crippen LogP contribution in [0.4, 0.5) is 5.95 Å². The number of likely N-dealkylation sites (tertiary alicyclic amines) is 1. The van der Waals surface area contributed by atoms with E-state index in [-0.39, 0.29) is 24.0 Å². The van der Waals surface area contributed by atoms with E-state index in [2.05, 4.69) is 15.3 Å². The molecule has 126 valence electrons. The molecule has 0 radical (unpaired) electrons. The number of aromatic nitrogens is 2. The van der Waals surface area contributed by atoms with Crippen molar-refractivity contribution in [1.82, 2.24) is 14.9 Å². The van der Waals surface area contributed by atoms with Crippen LogP contribution in [0, 0.1) is 12.8 Å². The number of anilines is 1. The Hall–Kier alpha value is -1.69. The minimum atomic E-state index is -0.276. The molecule has 23 heavy (non-hydrogen) atoms. The smallest absolute Gasteiger partial charge is 0.272 e. The second-order valence-corrected chi connectivity index (χ2v) is 6.69. The molecule has 3 atom stereocenters. The number of nitrogens with one attached hydrogen (secondary N) is 1. The summed E-state index contributed by atoms with van der Waals surface area (Å²) in [7, 11) is 1.75. The summed E-state index contributed by atoms with van der Waals surface area (Å²) in [6.45, 7) is 2.62. The van der Waals surface area contributed by atoms with Crippen molar-refractivity contribution in [3.8, 4) is 0 Å². The summed E-state index contributed by atoms with van der Waals surface area (Å²) >= 11 is 0. The Morgan fingerprint density at radius 2 is 2.04 bits per heavy atom. The summed E-state index contributed by atoms with van der Waals surface area (Å²) in [5.41, 5.74) is 1.22. The fraction of sp³-hybridized carbons (Fsp3) is 0.706. The molecule has 1 aliphatic heterocycles. The Balaban J connectivity index is 1.81. The number of hydrogen-bond acceptors (Lipinski definition) is 5. The molecule has 1 aliphatic carbocycles. The molecular formula is C17H26N4O2. The summed E-state index contributed by atoms with van der Waals surface area (Å²) in [6, 6.07) is 1.89. The fourth-order valence-corrected chi connectivity index (χ4v) is 4.02. The molecule has 1 amide bonds. The van der Waals surface area contributed by atoms with Crippen LogP contribution in [0.5, 0.6) is 0 Å². The minimum Gasteiger partial charge on any atom is -0.393 e. The van der Waals surface area contributed by atoms with Crippen molar-refractivity contribution in [2.24, 2.45) is 5.92 Å². The molecule has 2 N–H and O–H groups in total. The molecule has 0 bridgehead atoms. The quantitative estimate of drug-likeness (QED) is 0.891. The normalized spacial score (nSPS) is 28.0. The number of aliphatic hydroxyl groups is 1. The number of rotatable bonds is 3. The number of amides is 1. The van der Waals surface area contributed by atoms with Crippen LogP contribution in [0.1, 0.15) is 54.7 Å². The zero-order valence-electron chi connectivity index (χ0n) is 14.0. The molecule has 1 saturated carbocycles. The highest BCUT2D eigenvalue weighted by molar-refractivity contribution is 5.93. The third kappa shape index (κ3) is 3.32. The highest BCUT2D eigenvalue weighted by Crippen LogP contribution is 2.35. The van der Waals surface area contributed by atoms with Gasteiger partial charge in [-0.25, -0.2) is 9.97 Å². The summed E-state index contributed by atoms with van der Waals surface area (Å²) in [5, 5.41) is 13.3. The minimum absolute atomic E-state index is 0.0349. The van der Waals surface area contributed by atoms with E-state index in [0.29, 0.717) is 11.6 Å². The van der Waals surface area contributed by atoms with Crippen molar-refractivity contribution < 1.29 is 9.90 Å². The maximum absolute atomic E-state index is 13.0. The third-order valence-corrected chi connectivity index (χ3v) is 5.13. The van der Waals surface area contributed by atoms with Gasteiger partial charge in [0, 0.05) is 31.2 Å². The van der Waals surface area contributed by atoms with Crippen molar-refractivity contribution >= 4 is 11.9 Å². The highest BCUT2D eigenvalue weighted by atomic mass is 16.3. The Morgan fingerprint density at radius 3 is 2.78 bits per heavy atom. The molecule has 1 aromatic heterocycles. The second kappa shape index (κ2) is 6.83. The van der Waals surface area contributed by atoms with Crippen LogP contribution >= 0.6 is 0 Å². The van der Waals surface area contributed by atoms with Gasteiger partial charge in [0.05, 0.1) is 6.10 Å². The lowest BCUT2D eigenvalue weighted by atomic mass is 9.80. The van der Waals surface area contributed by atoms with Crippen LogP contribution in [-0.4, -0.2) is 51.6 Å². The first kappa shape index (κ1) is 16.2. The van der Waals surface area contributed by atoms with Gasteiger partial charge in [0.2, 0.25) is 5.95 Å². The average Bonchev–Trinajstić information content (AvgIpc) is 3.03. The van der Waals surface area contributed by atoms with Crippen LogP contribution in [0.2, 0.25) is 0 Å². The zero-order valence-corrected chi connectivity index (χ0v) is 14.0. The molecule has 2 fully saturated rings. The maximum Gasteiger partial charge on any atom is 0.272 e. The molecule has 0 spiro atoms. The molecule has 3 rings (SSSR count). The molecule has 1 saturated heterocycles. The van der Waals surface area contributed by atoms with E-state index in [0.717, 1.165) is 50.8 Å². The van der Waals surface area contributed by atoms with Crippen molar-refractivity contribution in [3.05, 3.63) is 17.5 Å². The molecule has 2 heterocycles. The summed E-state index contributed by atoms with van der Waals surface area (Å²) in [4.78, 5) is 23.5. The number of carbonyl (C=O) groups excluding carboxylic acids is 1. The first-order valence-electron chi connectivity index (χ1n) is 8.62. The van der Waals surface area contributed by atoms with E-state index < -0.39 is 0 Å². The Labute approximate surface area is 137 Å². The Bertz CT molecular complexity index is 578. The van der Waals surface area contributed by atoms with Gasteiger partial charge in [-0.3, -0.25) is 4.79 Å². The van der Waals surface area contributed by atoms with Crippen LogP contribution < -0.4 is 5.32 Å². The second-order valence-electron chi connectivity index (χ2n) is 6.69. The van der Waals surface area contributed by atoms with E-state index >= 15 is 0 Å². The van der Waals surface area contributed by atoms with Crippen molar-refractivity contribution in [2.75, 3.05) is 18.9 Å². The maximum atomic E-state index is 13.0. The first-order valence-corrected chi connectivity index (χ1v) is 8.62. The predicted octanol–water partition coefficient (Wildman–Crippen LogP) is 1.98. The van der Waals surface area contributed by atoms with E-state index in [1.54, 1.807) is 13.1 Å². The first-order chi connectivity index (χ1) is 11.1. The van der Waals surface area contributed by atoms with Gasteiger partial charge in [-0.05, 0) is 38.7 Å². The van der Waals surface area contributed by atoms with Crippen molar-refractivity contribution in [2.45, 2.75) is 57.6 Å². The number of aryl methyl sites for hydroxylation is 1.